The summed E-state index contributed by atoms with van der Waals surface area (Å²) in [7, 11) is 3.70. The van der Waals surface area contributed by atoms with Crippen LogP contribution in [-0.4, -0.2) is 29.0 Å². The van der Waals surface area contributed by atoms with Gasteiger partial charge in [-0.25, -0.2) is 4.98 Å². The minimum absolute atomic E-state index is 0.0134. The Kier molecular flexibility index (Phi) is 6.52. The van der Waals surface area contributed by atoms with E-state index in [0.717, 1.165) is 35.4 Å². The van der Waals surface area contributed by atoms with Gasteiger partial charge in [0.15, 0.2) is 0 Å². The number of aryl methyl sites for hydroxylation is 1. The smallest absolute Gasteiger partial charge is 0.259 e. The van der Waals surface area contributed by atoms with Crippen molar-refractivity contribution in [2.24, 2.45) is 5.92 Å². The Bertz CT molecular complexity index is 991. The topological polar surface area (TPSA) is 58.2 Å². The number of thiophene rings is 1. The maximum absolute atomic E-state index is 12.8. The third-order valence-electron chi connectivity index (χ3n) is 5.19. The summed E-state index contributed by atoms with van der Waals surface area (Å²) in [6.45, 7) is 7.88. The molecule has 1 aromatic carbocycles. The Labute approximate surface area is 170 Å². The molecule has 0 saturated carbocycles. The highest BCUT2D eigenvalue weighted by Gasteiger charge is 2.17. The van der Waals surface area contributed by atoms with Crippen LogP contribution in [0, 0.1) is 12.8 Å². The fourth-order valence-electron chi connectivity index (χ4n) is 3.39. The van der Waals surface area contributed by atoms with Gasteiger partial charge >= 0.3 is 0 Å². The second kappa shape index (κ2) is 8.88. The Morgan fingerprint density at radius 1 is 1.25 bits per heavy atom. The van der Waals surface area contributed by atoms with Gasteiger partial charge in [0.2, 0.25) is 0 Å². The number of nitrogens with one attached hydrogen (secondary N) is 1. The van der Waals surface area contributed by atoms with E-state index >= 15 is 0 Å². The standard InChI is InChI=1S/C22H29N3O2S/c1-6-14(2)11-18-15(3)28-22-20(18)21(26)23-19(24-22)13-25(4)12-16-7-9-17(27-5)10-8-16/h7-10,14H,6,11-13H2,1-5H3,(H,23,24,26)/t14-/m0/s1. The molecular formula is C22H29N3O2S. The fraction of sp³-hybridized carbons (Fsp3) is 0.455. The number of benzene rings is 1. The van der Waals surface area contributed by atoms with E-state index in [9.17, 15) is 4.79 Å². The van der Waals surface area contributed by atoms with Crippen LogP contribution in [-0.2, 0) is 19.5 Å². The first-order chi connectivity index (χ1) is 13.4. The summed E-state index contributed by atoms with van der Waals surface area (Å²) in [5.41, 5.74) is 2.34. The Morgan fingerprint density at radius 3 is 2.61 bits per heavy atom. The van der Waals surface area contributed by atoms with Gasteiger partial charge in [-0.2, -0.15) is 0 Å². The van der Waals surface area contributed by atoms with E-state index in [4.69, 9.17) is 9.72 Å². The van der Waals surface area contributed by atoms with E-state index in [1.807, 2.05) is 19.2 Å². The molecule has 0 spiro atoms. The van der Waals surface area contributed by atoms with Gasteiger partial charge < -0.3 is 9.72 Å². The molecule has 0 fully saturated rings. The van der Waals surface area contributed by atoms with Crippen LogP contribution >= 0.6 is 11.3 Å². The molecule has 3 aromatic rings. The van der Waals surface area contributed by atoms with Gasteiger partial charge in [-0.1, -0.05) is 32.4 Å². The zero-order valence-corrected chi connectivity index (χ0v) is 18.2. The highest BCUT2D eigenvalue weighted by molar-refractivity contribution is 7.18. The van der Waals surface area contributed by atoms with Crippen LogP contribution in [0.5, 0.6) is 5.75 Å². The minimum Gasteiger partial charge on any atom is -0.497 e. The summed E-state index contributed by atoms with van der Waals surface area (Å²) in [5, 5.41) is 0.782. The van der Waals surface area contributed by atoms with Gasteiger partial charge in [0.25, 0.3) is 5.56 Å². The molecule has 0 bridgehead atoms. The number of methoxy groups -OCH3 is 1. The number of aromatic amines is 1. The predicted molar refractivity (Wildman–Crippen MR) is 116 cm³/mol. The second-order valence-corrected chi connectivity index (χ2v) is 8.77. The Morgan fingerprint density at radius 2 is 1.96 bits per heavy atom. The molecule has 1 N–H and O–H groups in total. The van der Waals surface area contributed by atoms with Crippen LogP contribution in [0.15, 0.2) is 29.1 Å². The molecule has 0 aliphatic rings. The molecule has 2 heterocycles. The largest absolute Gasteiger partial charge is 0.497 e. The summed E-state index contributed by atoms with van der Waals surface area (Å²) in [6.07, 6.45) is 2.04. The van der Waals surface area contributed by atoms with Crippen molar-refractivity contribution in [3.8, 4) is 5.75 Å². The average molecular weight is 400 g/mol. The average Bonchev–Trinajstić information content (AvgIpc) is 2.97. The molecule has 0 amide bonds. The van der Waals surface area contributed by atoms with Crippen molar-refractivity contribution >= 4 is 21.6 Å². The van der Waals surface area contributed by atoms with E-state index in [-0.39, 0.29) is 5.56 Å². The highest BCUT2D eigenvalue weighted by atomic mass is 32.1. The SMILES string of the molecule is CC[C@H](C)Cc1c(C)sc2nc(CN(C)Cc3ccc(OC)cc3)[nH]c(=O)c12. The van der Waals surface area contributed by atoms with Crippen LogP contribution in [0.3, 0.4) is 0 Å². The first-order valence-corrected chi connectivity index (χ1v) is 10.6. The molecule has 0 aliphatic carbocycles. The summed E-state index contributed by atoms with van der Waals surface area (Å²) >= 11 is 1.63. The third-order valence-corrected chi connectivity index (χ3v) is 6.23. The summed E-state index contributed by atoms with van der Waals surface area (Å²) < 4.78 is 5.20. The van der Waals surface area contributed by atoms with Gasteiger partial charge in [0.1, 0.15) is 16.4 Å². The first-order valence-electron chi connectivity index (χ1n) is 9.73. The molecule has 1 atom stereocenters. The molecule has 150 valence electrons. The van der Waals surface area contributed by atoms with Crippen LogP contribution in [0.4, 0.5) is 0 Å². The summed E-state index contributed by atoms with van der Waals surface area (Å²) in [6, 6.07) is 8.03. The number of H-pyrrole nitrogens is 1. The van der Waals surface area contributed by atoms with Gasteiger partial charge in [-0.05, 0) is 49.6 Å². The van der Waals surface area contributed by atoms with E-state index < -0.39 is 0 Å². The number of aromatic nitrogens is 2. The Balaban J connectivity index is 1.79. The van der Waals surface area contributed by atoms with Gasteiger partial charge in [0.05, 0.1) is 19.0 Å². The van der Waals surface area contributed by atoms with Crippen molar-refractivity contribution in [3.05, 3.63) is 56.4 Å². The lowest BCUT2D eigenvalue weighted by molar-refractivity contribution is 0.310. The maximum atomic E-state index is 12.8. The highest BCUT2D eigenvalue weighted by Crippen LogP contribution is 2.29. The zero-order valence-electron chi connectivity index (χ0n) is 17.3. The van der Waals surface area contributed by atoms with E-state index in [1.54, 1.807) is 18.4 Å². The lowest BCUT2D eigenvalue weighted by atomic mass is 9.98. The van der Waals surface area contributed by atoms with Crippen molar-refractivity contribution in [1.29, 1.82) is 0 Å². The molecule has 28 heavy (non-hydrogen) atoms. The lowest BCUT2D eigenvalue weighted by Crippen LogP contribution is -2.21. The number of hydrogen-bond acceptors (Lipinski definition) is 5. The van der Waals surface area contributed by atoms with Crippen LogP contribution in [0.1, 0.15) is 42.1 Å². The van der Waals surface area contributed by atoms with Crippen LogP contribution in [0.2, 0.25) is 0 Å². The Hall–Kier alpha value is -2.18. The second-order valence-electron chi connectivity index (χ2n) is 7.57. The molecule has 0 radical (unpaired) electrons. The quantitative estimate of drug-likeness (QED) is 0.605. The van der Waals surface area contributed by atoms with Gasteiger partial charge in [-0.3, -0.25) is 9.69 Å². The molecule has 0 unspecified atom stereocenters. The predicted octanol–water partition coefficient (Wildman–Crippen LogP) is 4.52. The lowest BCUT2D eigenvalue weighted by Gasteiger charge is -2.16. The third kappa shape index (κ3) is 4.62. The van der Waals surface area contributed by atoms with E-state index in [1.165, 1.54) is 16.0 Å². The van der Waals surface area contributed by atoms with E-state index in [0.29, 0.717) is 18.3 Å². The van der Waals surface area contributed by atoms with Crippen molar-refractivity contribution in [2.75, 3.05) is 14.2 Å². The van der Waals surface area contributed by atoms with Crippen molar-refractivity contribution in [3.63, 3.8) is 0 Å². The number of nitrogens with zero attached hydrogens (tertiary/aromatic N) is 2. The molecule has 0 saturated heterocycles. The fourth-order valence-corrected chi connectivity index (χ4v) is 4.46. The number of fused-ring (bicyclic) bond motifs is 1. The minimum atomic E-state index is -0.0134. The molecule has 3 rings (SSSR count). The zero-order chi connectivity index (χ0) is 20.3. The summed E-state index contributed by atoms with van der Waals surface area (Å²) in [4.78, 5) is 24.8. The molecule has 6 heteroatoms. The van der Waals surface area contributed by atoms with Crippen molar-refractivity contribution in [1.82, 2.24) is 14.9 Å². The number of hydrogen-bond donors (Lipinski definition) is 1. The molecule has 2 aromatic heterocycles. The van der Waals surface area contributed by atoms with Gasteiger partial charge in [0, 0.05) is 11.4 Å². The van der Waals surface area contributed by atoms with Crippen LogP contribution in [0.25, 0.3) is 10.2 Å². The van der Waals surface area contributed by atoms with Crippen molar-refractivity contribution < 1.29 is 4.74 Å². The number of rotatable bonds is 8. The van der Waals surface area contributed by atoms with E-state index in [2.05, 4.69) is 42.8 Å². The maximum Gasteiger partial charge on any atom is 0.259 e. The molecular weight excluding hydrogens is 370 g/mol. The first kappa shape index (κ1) is 20.6. The van der Waals surface area contributed by atoms with Crippen molar-refractivity contribution in [2.45, 2.75) is 46.7 Å². The normalized spacial score (nSPS) is 12.6. The number of ether oxygens (including phenoxy) is 1. The molecule has 0 aliphatic heterocycles. The summed E-state index contributed by atoms with van der Waals surface area (Å²) in [5.74, 6) is 2.13. The van der Waals surface area contributed by atoms with Gasteiger partial charge in [-0.15, -0.1) is 11.3 Å². The monoisotopic (exact) mass is 399 g/mol. The molecule has 5 nitrogen and oxygen atoms in total. The van der Waals surface area contributed by atoms with Crippen LogP contribution < -0.4 is 10.3 Å².